The molecule has 2 aromatic heterocycles. The highest BCUT2D eigenvalue weighted by molar-refractivity contribution is 7.25. The van der Waals surface area contributed by atoms with Crippen LogP contribution in [0.3, 0.4) is 0 Å². The van der Waals surface area contributed by atoms with E-state index in [-0.39, 0.29) is 0 Å². The number of rotatable bonds is 7. The van der Waals surface area contributed by atoms with Gasteiger partial charge < -0.3 is 9.47 Å². The standard InChI is InChI=1S/C58H38N2S/c1-2-19-45-40(15-1)16-14-24-46(45)42-18-13-17-41(37-42)39-31-34-44(35-32-39)59(52-25-7-3-20-47(52)43-33-36-51-50-23-6-12-30-57(50)61-58(51)38-43)55-28-10-11-29-56(55)60-53-26-8-4-21-48(53)49-22-5-9-27-54(49)60/h1-38H. The third-order valence-corrected chi connectivity index (χ3v) is 13.3. The SMILES string of the molecule is c1cc(-c2ccc(N(c3ccccc3-c3ccc4c(c3)sc3ccccc34)c3ccccc3-n3c4ccccc4c4ccccc43)cc2)cc(-c2cccc3ccccc23)c1. The van der Waals surface area contributed by atoms with E-state index in [1.54, 1.807) is 0 Å². The third kappa shape index (κ3) is 5.93. The second-order valence-electron chi connectivity index (χ2n) is 15.7. The van der Waals surface area contributed by atoms with E-state index in [0.29, 0.717) is 0 Å². The monoisotopic (exact) mass is 794 g/mol. The minimum Gasteiger partial charge on any atom is -0.308 e. The van der Waals surface area contributed by atoms with Crippen LogP contribution in [0.1, 0.15) is 0 Å². The second kappa shape index (κ2) is 14.5. The van der Waals surface area contributed by atoms with E-state index in [0.717, 1.165) is 22.7 Å². The molecule has 0 spiro atoms. The maximum absolute atomic E-state index is 2.46. The van der Waals surface area contributed by atoms with Gasteiger partial charge >= 0.3 is 0 Å². The predicted octanol–water partition coefficient (Wildman–Crippen LogP) is 16.8. The number of aromatic nitrogens is 1. The molecular formula is C58H38N2S. The summed E-state index contributed by atoms with van der Waals surface area (Å²) >= 11 is 1.86. The zero-order valence-corrected chi connectivity index (χ0v) is 34.1. The van der Waals surface area contributed by atoms with Crippen molar-refractivity contribution in [2.24, 2.45) is 0 Å². The Labute approximate surface area is 358 Å². The van der Waals surface area contributed by atoms with Crippen LogP contribution in [-0.4, -0.2) is 4.57 Å². The largest absolute Gasteiger partial charge is 0.308 e. The molecule has 0 aliphatic heterocycles. The minimum atomic E-state index is 1.08. The lowest BCUT2D eigenvalue weighted by Gasteiger charge is -2.30. The Morgan fingerprint density at radius 2 is 0.885 bits per heavy atom. The van der Waals surface area contributed by atoms with E-state index in [2.05, 4.69) is 240 Å². The molecule has 10 aromatic carbocycles. The molecule has 0 radical (unpaired) electrons. The Balaban J connectivity index is 1.04. The summed E-state index contributed by atoms with van der Waals surface area (Å²) in [6.45, 7) is 0. The molecule has 2 heterocycles. The predicted molar refractivity (Wildman–Crippen MR) is 262 cm³/mol. The van der Waals surface area contributed by atoms with Gasteiger partial charge in [0.15, 0.2) is 0 Å². The Bertz CT molecular complexity index is 3550. The Morgan fingerprint density at radius 1 is 0.328 bits per heavy atom. The molecule has 286 valence electrons. The molecule has 61 heavy (non-hydrogen) atoms. The number of anilines is 3. The number of thiophene rings is 1. The highest BCUT2D eigenvalue weighted by atomic mass is 32.1. The van der Waals surface area contributed by atoms with Crippen molar-refractivity contribution in [3.63, 3.8) is 0 Å². The average molecular weight is 795 g/mol. The van der Waals surface area contributed by atoms with Crippen LogP contribution in [0.25, 0.3) is 91.8 Å². The van der Waals surface area contributed by atoms with Gasteiger partial charge in [0.1, 0.15) is 0 Å². The summed E-state index contributed by atoms with van der Waals surface area (Å²) in [7, 11) is 0. The fourth-order valence-corrected chi connectivity index (χ4v) is 10.5. The molecule has 0 fully saturated rings. The average Bonchev–Trinajstić information content (AvgIpc) is 3.87. The highest BCUT2D eigenvalue weighted by Crippen LogP contribution is 2.46. The van der Waals surface area contributed by atoms with E-state index in [4.69, 9.17) is 0 Å². The Kier molecular flexibility index (Phi) is 8.39. The van der Waals surface area contributed by atoms with Crippen LogP contribution in [0.15, 0.2) is 231 Å². The van der Waals surface area contributed by atoms with Crippen LogP contribution in [0.2, 0.25) is 0 Å². The van der Waals surface area contributed by atoms with Crippen molar-refractivity contribution in [1.29, 1.82) is 0 Å². The number of nitrogens with zero attached hydrogens (tertiary/aromatic N) is 2. The summed E-state index contributed by atoms with van der Waals surface area (Å²) in [5.41, 5.74) is 13.9. The van der Waals surface area contributed by atoms with E-state index in [1.165, 1.54) is 86.1 Å². The molecule has 0 unspecified atom stereocenters. The van der Waals surface area contributed by atoms with Gasteiger partial charge in [0.25, 0.3) is 0 Å². The molecule has 0 aliphatic rings. The number of hydrogen-bond acceptors (Lipinski definition) is 2. The van der Waals surface area contributed by atoms with Crippen LogP contribution in [0.4, 0.5) is 17.1 Å². The maximum Gasteiger partial charge on any atom is 0.0702 e. The van der Waals surface area contributed by atoms with Gasteiger partial charge in [-0.3, -0.25) is 0 Å². The van der Waals surface area contributed by atoms with Crippen molar-refractivity contribution < 1.29 is 0 Å². The molecule has 2 nitrogen and oxygen atoms in total. The van der Waals surface area contributed by atoms with Crippen molar-refractivity contribution in [1.82, 2.24) is 4.57 Å². The van der Waals surface area contributed by atoms with Gasteiger partial charge in [-0.05, 0) is 99.3 Å². The molecule has 0 N–H and O–H groups in total. The van der Waals surface area contributed by atoms with Gasteiger partial charge in [-0.2, -0.15) is 0 Å². The summed E-state index contributed by atoms with van der Waals surface area (Å²) in [5.74, 6) is 0. The summed E-state index contributed by atoms with van der Waals surface area (Å²) < 4.78 is 5.04. The summed E-state index contributed by atoms with van der Waals surface area (Å²) in [6.07, 6.45) is 0. The smallest absolute Gasteiger partial charge is 0.0702 e. The molecule has 0 aliphatic carbocycles. The van der Waals surface area contributed by atoms with Gasteiger partial charge in [0.2, 0.25) is 0 Å². The van der Waals surface area contributed by atoms with E-state index in [9.17, 15) is 0 Å². The maximum atomic E-state index is 2.46. The molecular weight excluding hydrogens is 757 g/mol. The first-order chi connectivity index (χ1) is 30.3. The Hall–Kier alpha value is -7.72. The summed E-state index contributed by atoms with van der Waals surface area (Å²) in [5, 5.41) is 7.61. The van der Waals surface area contributed by atoms with E-state index >= 15 is 0 Å². The quantitative estimate of drug-likeness (QED) is 0.156. The van der Waals surface area contributed by atoms with Crippen molar-refractivity contribution in [3.05, 3.63) is 231 Å². The molecule has 0 saturated carbocycles. The van der Waals surface area contributed by atoms with Crippen molar-refractivity contribution in [2.75, 3.05) is 4.90 Å². The van der Waals surface area contributed by atoms with Crippen molar-refractivity contribution in [2.45, 2.75) is 0 Å². The van der Waals surface area contributed by atoms with Crippen LogP contribution in [0, 0.1) is 0 Å². The van der Waals surface area contributed by atoms with Crippen LogP contribution < -0.4 is 4.90 Å². The normalized spacial score (nSPS) is 11.6. The van der Waals surface area contributed by atoms with Crippen molar-refractivity contribution in [3.8, 4) is 39.1 Å². The van der Waals surface area contributed by atoms with Crippen LogP contribution in [-0.2, 0) is 0 Å². The van der Waals surface area contributed by atoms with Gasteiger partial charge in [-0.15, -0.1) is 11.3 Å². The number of para-hydroxylation sites is 5. The number of hydrogen-bond donors (Lipinski definition) is 0. The molecule has 12 rings (SSSR count). The van der Waals surface area contributed by atoms with Gasteiger partial charge in [0, 0.05) is 42.2 Å². The minimum absolute atomic E-state index is 1.08. The van der Waals surface area contributed by atoms with Gasteiger partial charge in [-0.25, -0.2) is 0 Å². The fraction of sp³-hybridized carbons (Fsp3) is 0. The first-order valence-corrected chi connectivity index (χ1v) is 21.7. The lowest BCUT2D eigenvalue weighted by molar-refractivity contribution is 1.15. The molecule has 3 heteroatoms. The topological polar surface area (TPSA) is 8.17 Å². The first-order valence-electron chi connectivity index (χ1n) is 20.8. The molecule has 0 atom stereocenters. The van der Waals surface area contributed by atoms with E-state index in [1.807, 2.05) is 11.3 Å². The van der Waals surface area contributed by atoms with Gasteiger partial charge in [-0.1, -0.05) is 170 Å². The van der Waals surface area contributed by atoms with Crippen molar-refractivity contribution >= 4 is 81.1 Å². The van der Waals surface area contributed by atoms with Crippen LogP contribution >= 0.6 is 11.3 Å². The fourth-order valence-electron chi connectivity index (χ4n) is 9.38. The molecule has 0 saturated heterocycles. The van der Waals surface area contributed by atoms with Gasteiger partial charge in [0.05, 0.1) is 28.1 Å². The number of fused-ring (bicyclic) bond motifs is 7. The lowest BCUT2D eigenvalue weighted by atomic mass is 9.95. The van der Waals surface area contributed by atoms with E-state index < -0.39 is 0 Å². The first kappa shape index (κ1) is 35.2. The number of benzene rings is 10. The second-order valence-corrected chi connectivity index (χ2v) is 16.8. The Morgan fingerprint density at radius 3 is 1.70 bits per heavy atom. The summed E-state index contributed by atoms with van der Waals surface area (Å²) in [4.78, 5) is 2.46. The molecule has 12 aromatic rings. The lowest BCUT2D eigenvalue weighted by Crippen LogP contribution is -2.14. The zero-order chi connectivity index (χ0) is 40.3. The van der Waals surface area contributed by atoms with Crippen LogP contribution in [0.5, 0.6) is 0 Å². The zero-order valence-electron chi connectivity index (χ0n) is 33.2. The highest BCUT2D eigenvalue weighted by Gasteiger charge is 2.23. The molecule has 0 amide bonds. The third-order valence-electron chi connectivity index (χ3n) is 12.2. The summed E-state index contributed by atoms with van der Waals surface area (Å²) in [6, 6.07) is 84.3. The molecule has 0 bridgehead atoms.